The summed E-state index contributed by atoms with van der Waals surface area (Å²) in [6.45, 7) is 0. The zero-order chi connectivity index (χ0) is 12.7. The van der Waals surface area contributed by atoms with E-state index in [9.17, 15) is 10.1 Å². The van der Waals surface area contributed by atoms with E-state index >= 15 is 0 Å². The first-order valence-corrected chi connectivity index (χ1v) is 5.34. The molecule has 0 spiro atoms. The van der Waals surface area contributed by atoms with E-state index in [1.807, 2.05) is 6.07 Å². The molecule has 3 rings (SSSR count). The minimum absolute atomic E-state index is 0.0491. The number of nitrogens with zero attached hydrogens (tertiary/aromatic N) is 1. The lowest BCUT2D eigenvalue weighted by Gasteiger charge is -1.97. The van der Waals surface area contributed by atoms with Gasteiger partial charge in [-0.1, -0.05) is 0 Å². The Morgan fingerprint density at radius 2 is 1.78 bits per heavy atom. The summed E-state index contributed by atoms with van der Waals surface area (Å²) >= 11 is 0. The third-order valence-electron chi connectivity index (χ3n) is 2.87. The maximum Gasteiger partial charge on any atom is 0.270 e. The van der Waals surface area contributed by atoms with Gasteiger partial charge in [-0.15, -0.1) is 0 Å². The van der Waals surface area contributed by atoms with Gasteiger partial charge in [-0.25, -0.2) is 0 Å². The molecule has 90 valence electrons. The van der Waals surface area contributed by atoms with Crippen molar-refractivity contribution in [3.8, 4) is 5.75 Å². The largest absolute Gasteiger partial charge is 0.497 e. The van der Waals surface area contributed by atoms with Crippen LogP contribution in [-0.4, -0.2) is 12.0 Å². The highest BCUT2D eigenvalue weighted by Crippen LogP contribution is 2.33. The van der Waals surface area contributed by atoms with Crippen LogP contribution in [0.15, 0.2) is 40.8 Å². The second kappa shape index (κ2) is 3.73. The zero-order valence-corrected chi connectivity index (χ0v) is 9.54. The molecule has 0 saturated heterocycles. The van der Waals surface area contributed by atoms with Gasteiger partial charge >= 0.3 is 0 Å². The summed E-state index contributed by atoms with van der Waals surface area (Å²) in [5.74, 6) is 0.691. The van der Waals surface area contributed by atoms with Crippen LogP contribution >= 0.6 is 0 Å². The van der Waals surface area contributed by atoms with Crippen molar-refractivity contribution in [3.63, 3.8) is 0 Å². The predicted octanol–water partition coefficient (Wildman–Crippen LogP) is 3.50. The molecule has 0 fully saturated rings. The summed E-state index contributed by atoms with van der Waals surface area (Å²) in [6, 6.07) is 9.95. The van der Waals surface area contributed by atoms with Gasteiger partial charge in [-0.3, -0.25) is 10.1 Å². The average molecular weight is 243 g/mol. The van der Waals surface area contributed by atoms with E-state index in [2.05, 4.69) is 0 Å². The molecular weight excluding hydrogens is 234 g/mol. The second-order valence-electron chi connectivity index (χ2n) is 3.90. The first-order valence-electron chi connectivity index (χ1n) is 5.34. The maximum atomic E-state index is 10.8. The highest BCUT2D eigenvalue weighted by molar-refractivity contribution is 6.06. The predicted molar refractivity (Wildman–Crippen MR) is 66.9 cm³/mol. The SMILES string of the molecule is COc1ccc2oc3ccc([N+](=O)[O-])cc3c2c1. The number of ether oxygens (including phenoxy) is 1. The van der Waals surface area contributed by atoms with Crippen LogP contribution in [0.4, 0.5) is 5.69 Å². The molecule has 0 aliphatic rings. The normalized spacial score (nSPS) is 10.9. The molecule has 1 aromatic heterocycles. The number of hydrogen-bond acceptors (Lipinski definition) is 4. The van der Waals surface area contributed by atoms with E-state index in [1.54, 1.807) is 25.3 Å². The van der Waals surface area contributed by atoms with E-state index in [0.29, 0.717) is 16.9 Å². The van der Waals surface area contributed by atoms with Crippen molar-refractivity contribution in [3.05, 3.63) is 46.5 Å². The van der Waals surface area contributed by atoms with Gasteiger partial charge in [0.25, 0.3) is 5.69 Å². The van der Waals surface area contributed by atoms with Crippen molar-refractivity contribution in [2.45, 2.75) is 0 Å². The van der Waals surface area contributed by atoms with Crippen LogP contribution in [0.5, 0.6) is 5.75 Å². The number of nitro groups is 1. The Balaban J connectivity index is 2.37. The van der Waals surface area contributed by atoms with Gasteiger partial charge in [-0.05, 0) is 24.3 Å². The molecule has 2 aromatic carbocycles. The molecule has 5 heteroatoms. The third-order valence-corrected chi connectivity index (χ3v) is 2.87. The number of methoxy groups -OCH3 is 1. The Bertz CT molecular complexity index is 760. The molecule has 0 N–H and O–H groups in total. The molecule has 0 aliphatic heterocycles. The van der Waals surface area contributed by atoms with E-state index < -0.39 is 4.92 Å². The smallest absolute Gasteiger partial charge is 0.270 e. The van der Waals surface area contributed by atoms with Gasteiger partial charge in [0.1, 0.15) is 16.9 Å². The van der Waals surface area contributed by atoms with Crippen molar-refractivity contribution < 1.29 is 14.1 Å². The first-order chi connectivity index (χ1) is 8.69. The minimum Gasteiger partial charge on any atom is -0.497 e. The van der Waals surface area contributed by atoms with E-state index in [-0.39, 0.29) is 5.69 Å². The molecule has 0 radical (unpaired) electrons. The molecule has 0 unspecified atom stereocenters. The number of furan rings is 1. The van der Waals surface area contributed by atoms with E-state index in [1.165, 1.54) is 12.1 Å². The van der Waals surface area contributed by atoms with Crippen LogP contribution in [0, 0.1) is 10.1 Å². The first kappa shape index (κ1) is 10.6. The molecule has 0 aliphatic carbocycles. The maximum absolute atomic E-state index is 10.8. The topological polar surface area (TPSA) is 65.5 Å². The summed E-state index contributed by atoms with van der Waals surface area (Å²) in [4.78, 5) is 10.4. The lowest BCUT2D eigenvalue weighted by atomic mass is 10.1. The van der Waals surface area contributed by atoms with Gasteiger partial charge in [-0.2, -0.15) is 0 Å². The molecular formula is C13H9NO4. The lowest BCUT2D eigenvalue weighted by Crippen LogP contribution is -1.86. The summed E-state index contributed by atoms with van der Waals surface area (Å²) in [6.07, 6.45) is 0. The number of benzene rings is 2. The van der Waals surface area contributed by atoms with Gasteiger partial charge in [0.2, 0.25) is 0 Å². The quantitative estimate of drug-likeness (QED) is 0.510. The van der Waals surface area contributed by atoms with Crippen molar-refractivity contribution >= 4 is 27.6 Å². The fourth-order valence-electron chi connectivity index (χ4n) is 1.99. The summed E-state index contributed by atoms with van der Waals surface area (Å²) in [7, 11) is 1.58. The average Bonchev–Trinajstić information content (AvgIpc) is 2.75. The van der Waals surface area contributed by atoms with Crippen LogP contribution in [0.25, 0.3) is 21.9 Å². The van der Waals surface area contributed by atoms with Crippen LogP contribution < -0.4 is 4.74 Å². The summed E-state index contributed by atoms with van der Waals surface area (Å²) < 4.78 is 10.8. The molecule has 0 bridgehead atoms. The van der Waals surface area contributed by atoms with Crippen LogP contribution in [0.2, 0.25) is 0 Å². The Labute approximate surface area is 102 Å². The molecule has 0 amide bonds. The number of fused-ring (bicyclic) bond motifs is 3. The number of rotatable bonds is 2. The standard InChI is InChI=1S/C13H9NO4/c1-17-9-3-5-13-11(7-9)10-6-8(14(15)16)2-4-12(10)18-13/h2-7H,1H3. The number of nitro benzene ring substituents is 1. The highest BCUT2D eigenvalue weighted by Gasteiger charge is 2.12. The Morgan fingerprint density at radius 3 is 2.44 bits per heavy atom. The van der Waals surface area contributed by atoms with Crippen molar-refractivity contribution in [2.24, 2.45) is 0 Å². The highest BCUT2D eigenvalue weighted by atomic mass is 16.6. The third kappa shape index (κ3) is 1.48. The Morgan fingerprint density at radius 1 is 1.11 bits per heavy atom. The molecule has 3 aromatic rings. The van der Waals surface area contributed by atoms with Gasteiger partial charge in [0.05, 0.1) is 12.0 Å². The van der Waals surface area contributed by atoms with Gasteiger partial charge < -0.3 is 9.15 Å². The monoisotopic (exact) mass is 243 g/mol. The fourth-order valence-corrected chi connectivity index (χ4v) is 1.99. The lowest BCUT2D eigenvalue weighted by molar-refractivity contribution is -0.384. The summed E-state index contributed by atoms with van der Waals surface area (Å²) in [5, 5.41) is 12.3. The molecule has 0 saturated carbocycles. The van der Waals surface area contributed by atoms with Crippen LogP contribution in [0.1, 0.15) is 0 Å². The minimum atomic E-state index is -0.418. The molecule has 1 heterocycles. The fraction of sp³-hybridized carbons (Fsp3) is 0.0769. The number of hydrogen-bond donors (Lipinski definition) is 0. The molecule has 5 nitrogen and oxygen atoms in total. The second-order valence-corrected chi connectivity index (χ2v) is 3.90. The Hall–Kier alpha value is -2.56. The zero-order valence-electron chi connectivity index (χ0n) is 9.54. The van der Waals surface area contributed by atoms with Crippen LogP contribution in [0.3, 0.4) is 0 Å². The van der Waals surface area contributed by atoms with E-state index in [4.69, 9.17) is 9.15 Å². The summed E-state index contributed by atoms with van der Waals surface area (Å²) in [5.41, 5.74) is 1.36. The van der Waals surface area contributed by atoms with E-state index in [0.717, 1.165) is 10.8 Å². The van der Waals surface area contributed by atoms with Gasteiger partial charge in [0, 0.05) is 22.9 Å². The van der Waals surface area contributed by atoms with Crippen molar-refractivity contribution in [2.75, 3.05) is 7.11 Å². The molecule has 0 atom stereocenters. The van der Waals surface area contributed by atoms with Gasteiger partial charge in [0.15, 0.2) is 0 Å². The van der Waals surface area contributed by atoms with Crippen molar-refractivity contribution in [1.82, 2.24) is 0 Å². The number of non-ortho nitro benzene ring substituents is 1. The Kier molecular flexibility index (Phi) is 2.19. The van der Waals surface area contributed by atoms with Crippen LogP contribution in [-0.2, 0) is 0 Å². The molecule has 18 heavy (non-hydrogen) atoms. The van der Waals surface area contributed by atoms with Crippen molar-refractivity contribution in [1.29, 1.82) is 0 Å².